The second-order valence-electron chi connectivity index (χ2n) is 3.03. The molecule has 0 saturated heterocycles. The Balaban J connectivity index is 3.74. The zero-order chi connectivity index (χ0) is 10.3. The molecular formula is C7H19N3O2S. The summed E-state index contributed by atoms with van der Waals surface area (Å²) >= 11 is 0. The maximum atomic E-state index is 11.1. The van der Waals surface area contributed by atoms with Gasteiger partial charge in [-0.2, -0.15) is 8.42 Å². The third kappa shape index (κ3) is 6.94. The molecule has 0 rings (SSSR count). The summed E-state index contributed by atoms with van der Waals surface area (Å²) in [6, 6.07) is 0. The van der Waals surface area contributed by atoms with E-state index in [4.69, 9.17) is 5.73 Å². The van der Waals surface area contributed by atoms with Crippen molar-refractivity contribution in [1.29, 1.82) is 0 Å². The highest BCUT2D eigenvalue weighted by molar-refractivity contribution is 7.87. The molecule has 13 heavy (non-hydrogen) atoms. The fraction of sp³-hybridized carbons (Fsp3) is 1.00. The van der Waals surface area contributed by atoms with E-state index in [9.17, 15) is 8.42 Å². The van der Waals surface area contributed by atoms with Crippen LogP contribution in [-0.2, 0) is 10.2 Å². The first-order valence-corrected chi connectivity index (χ1v) is 5.94. The number of nitrogens with one attached hydrogen (secondary N) is 2. The Kier molecular flexibility index (Phi) is 6.23. The highest BCUT2D eigenvalue weighted by Crippen LogP contribution is 1.97. The lowest BCUT2D eigenvalue weighted by molar-refractivity contribution is 0.510. The third-order valence-electron chi connectivity index (χ3n) is 1.62. The smallest absolute Gasteiger partial charge is 0.276 e. The fourth-order valence-electron chi connectivity index (χ4n) is 0.880. The molecule has 0 aliphatic heterocycles. The molecule has 0 heterocycles. The predicted octanol–water partition coefficient (Wildman–Crippen LogP) is -0.585. The summed E-state index contributed by atoms with van der Waals surface area (Å²) < 4.78 is 27.0. The van der Waals surface area contributed by atoms with Crippen molar-refractivity contribution < 1.29 is 8.42 Å². The first-order chi connectivity index (χ1) is 6.02. The summed E-state index contributed by atoms with van der Waals surface area (Å²) in [4.78, 5) is 0. The number of hydrogen-bond acceptors (Lipinski definition) is 3. The minimum absolute atomic E-state index is 0.276. The van der Waals surface area contributed by atoms with Gasteiger partial charge in [0.1, 0.15) is 0 Å². The Bertz CT molecular complexity index is 216. The molecule has 0 aromatic carbocycles. The van der Waals surface area contributed by atoms with Crippen LogP contribution in [0.3, 0.4) is 0 Å². The summed E-state index contributed by atoms with van der Waals surface area (Å²) in [5.74, 6) is 0.276. The van der Waals surface area contributed by atoms with Crippen LogP contribution >= 0.6 is 0 Å². The molecule has 6 heteroatoms. The van der Waals surface area contributed by atoms with E-state index in [1.807, 2.05) is 6.92 Å². The second-order valence-corrected chi connectivity index (χ2v) is 4.62. The molecule has 0 aromatic rings. The maximum absolute atomic E-state index is 11.1. The third-order valence-corrected chi connectivity index (χ3v) is 2.83. The van der Waals surface area contributed by atoms with Gasteiger partial charge in [0.25, 0.3) is 10.2 Å². The lowest BCUT2D eigenvalue weighted by Gasteiger charge is -2.11. The monoisotopic (exact) mass is 209 g/mol. The molecule has 0 amide bonds. The van der Waals surface area contributed by atoms with Gasteiger partial charge >= 0.3 is 0 Å². The molecule has 0 fully saturated rings. The van der Waals surface area contributed by atoms with Crippen LogP contribution in [0.1, 0.15) is 20.3 Å². The maximum Gasteiger partial charge on any atom is 0.276 e. The average molecular weight is 209 g/mol. The van der Waals surface area contributed by atoms with E-state index in [1.165, 1.54) is 0 Å². The molecule has 0 spiro atoms. The van der Waals surface area contributed by atoms with E-state index in [1.54, 1.807) is 6.92 Å². The number of nitrogens with two attached hydrogens (primary N) is 1. The summed E-state index contributed by atoms with van der Waals surface area (Å²) in [6.45, 7) is 5.13. The normalized spacial score (nSPS) is 14.4. The number of rotatable bonds is 7. The Morgan fingerprint density at radius 3 is 2.46 bits per heavy atom. The van der Waals surface area contributed by atoms with E-state index in [2.05, 4.69) is 9.44 Å². The van der Waals surface area contributed by atoms with Gasteiger partial charge in [-0.1, -0.05) is 13.8 Å². The Morgan fingerprint density at radius 1 is 1.38 bits per heavy atom. The van der Waals surface area contributed by atoms with Crippen molar-refractivity contribution in [2.75, 3.05) is 19.6 Å². The fourth-order valence-corrected chi connectivity index (χ4v) is 1.87. The molecule has 0 radical (unpaired) electrons. The summed E-state index contributed by atoms with van der Waals surface area (Å²) in [5.41, 5.74) is 5.33. The predicted molar refractivity (Wildman–Crippen MR) is 53.4 cm³/mol. The van der Waals surface area contributed by atoms with Gasteiger partial charge in [-0.25, -0.2) is 9.44 Å². The lowest BCUT2D eigenvalue weighted by atomic mass is 10.1. The molecule has 1 atom stereocenters. The van der Waals surface area contributed by atoms with Crippen LogP contribution in [-0.4, -0.2) is 28.1 Å². The first kappa shape index (κ1) is 12.8. The minimum Gasteiger partial charge on any atom is -0.330 e. The van der Waals surface area contributed by atoms with Gasteiger partial charge in [-0.05, 0) is 18.9 Å². The van der Waals surface area contributed by atoms with Gasteiger partial charge in [0.2, 0.25) is 0 Å². The number of hydrogen-bond donors (Lipinski definition) is 3. The van der Waals surface area contributed by atoms with Crippen molar-refractivity contribution in [1.82, 2.24) is 9.44 Å². The van der Waals surface area contributed by atoms with Gasteiger partial charge in [0.15, 0.2) is 0 Å². The molecule has 5 nitrogen and oxygen atoms in total. The quantitative estimate of drug-likeness (QED) is 0.524. The van der Waals surface area contributed by atoms with Gasteiger partial charge < -0.3 is 5.73 Å². The molecule has 0 bridgehead atoms. The van der Waals surface area contributed by atoms with Gasteiger partial charge in [0.05, 0.1) is 0 Å². The van der Waals surface area contributed by atoms with E-state index in [0.29, 0.717) is 19.6 Å². The van der Waals surface area contributed by atoms with Gasteiger partial charge in [-0.15, -0.1) is 0 Å². The molecule has 80 valence electrons. The van der Waals surface area contributed by atoms with Crippen LogP contribution in [0.2, 0.25) is 0 Å². The molecule has 0 aliphatic rings. The van der Waals surface area contributed by atoms with E-state index in [-0.39, 0.29) is 5.92 Å². The van der Waals surface area contributed by atoms with Crippen molar-refractivity contribution in [3.63, 3.8) is 0 Å². The van der Waals surface area contributed by atoms with Gasteiger partial charge in [0, 0.05) is 13.1 Å². The van der Waals surface area contributed by atoms with E-state index < -0.39 is 10.2 Å². The molecule has 4 N–H and O–H groups in total. The topological polar surface area (TPSA) is 84.2 Å². The Hall–Kier alpha value is -0.170. The molecule has 0 aromatic heterocycles. The Morgan fingerprint density at radius 2 is 2.00 bits per heavy atom. The largest absolute Gasteiger partial charge is 0.330 e. The average Bonchev–Trinajstić information content (AvgIpc) is 2.02. The van der Waals surface area contributed by atoms with Crippen molar-refractivity contribution in [2.24, 2.45) is 11.7 Å². The zero-order valence-electron chi connectivity index (χ0n) is 8.21. The van der Waals surface area contributed by atoms with Crippen LogP contribution < -0.4 is 15.2 Å². The Labute approximate surface area is 80.3 Å². The van der Waals surface area contributed by atoms with Crippen LogP contribution in [0, 0.1) is 5.92 Å². The summed E-state index contributed by atoms with van der Waals surface area (Å²) in [7, 11) is -3.29. The standard InChI is InChI=1S/C7H19N3O2S/c1-3-9-13(11,12)10-6-7(2)4-5-8/h7,9-10H,3-6,8H2,1-2H3. The van der Waals surface area contributed by atoms with Gasteiger partial charge in [-0.3, -0.25) is 0 Å². The van der Waals surface area contributed by atoms with E-state index >= 15 is 0 Å². The van der Waals surface area contributed by atoms with Crippen molar-refractivity contribution in [2.45, 2.75) is 20.3 Å². The van der Waals surface area contributed by atoms with E-state index in [0.717, 1.165) is 6.42 Å². The van der Waals surface area contributed by atoms with Crippen molar-refractivity contribution in [3.05, 3.63) is 0 Å². The van der Waals surface area contributed by atoms with Crippen LogP contribution in [0.25, 0.3) is 0 Å². The minimum atomic E-state index is -3.29. The highest BCUT2D eigenvalue weighted by Gasteiger charge is 2.08. The van der Waals surface area contributed by atoms with Crippen molar-refractivity contribution >= 4 is 10.2 Å². The molecule has 0 saturated carbocycles. The molecule has 0 aliphatic carbocycles. The van der Waals surface area contributed by atoms with Crippen LogP contribution in [0.4, 0.5) is 0 Å². The van der Waals surface area contributed by atoms with Crippen LogP contribution in [0.15, 0.2) is 0 Å². The van der Waals surface area contributed by atoms with Crippen LogP contribution in [0.5, 0.6) is 0 Å². The lowest BCUT2D eigenvalue weighted by Crippen LogP contribution is -2.38. The highest BCUT2D eigenvalue weighted by atomic mass is 32.2. The summed E-state index contributed by atoms with van der Waals surface area (Å²) in [5, 5.41) is 0. The first-order valence-electron chi connectivity index (χ1n) is 4.46. The SMILES string of the molecule is CCNS(=O)(=O)NCC(C)CCN. The molecule has 1 unspecified atom stereocenters. The van der Waals surface area contributed by atoms with Crippen molar-refractivity contribution in [3.8, 4) is 0 Å². The molecular weight excluding hydrogens is 190 g/mol. The zero-order valence-corrected chi connectivity index (χ0v) is 9.02. The second kappa shape index (κ2) is 6.31. The summed E-state index contributed by atoms with van der Waals surface area (Å²) in [6.07, 6.45) is 0.828.